The molecular weight excluding hydrogens is 252 g/mol. The fourth-order valence-corrected chi connectivity index (χ4v) is 2.17. The number of hydrogen-bond donors (Lipinski definition) is 0. The Kier molecular flexibility index (Phi) is 4.35. The highest BCUT2D eigenvalue weighted by molar-refractivity contribution is 5.94. The molecule has 1 aromatic carbocycles. The van der Waals surface area contributed by atoms with Crippen molar-refractivity contribution in [2.75, 3.05) is 13.1 Å². The Morgan fingerprint density at radius 3 is 2.37 bits per heavy atom. The summed E-state index contributed by atoms with van der Waals surface area (Å²) in [7, 11) is 0. The molecule has 0 saturated carbocycles. The van der Waals surface area contributed by atoms with Crippen LogP contribution < -0.4 is 4.74 Å². The first kappa shape index (κ1) is 13.8. The van der Waals surface area contributed by atoms with E-state index in [4.69, 9.17) is 0 Å². The molecular formula is C14H17F2NO2. The third-order valence-electron chi connectivity index (χ3n) is 3.40. The minimum absolute atomic E-state index is 0.0458. The minimum Gasteiger partial charge on any atom is -0.435 e. The number of amides is 1. The average Bonchev–Trinajstić information content (AvgIpc) is 2.39. The van der Waals surface area contributed by atoms with Gasteiger partial charge in [0.25, 0.3) is 5.91 Å². The maximum atomic E-state index is 12.2. The van der Waals surface area contributed by atoms with Crippen LogP contribution in [0.4, 0.5) is 8.78 Å². The highest BCUT2D eigenvalue weighted by atomic mass is 19.3. The van der Waals surface area contributed by atoms with Crippen LogP contribution in [0.1, 0.15) is 30.1 Å². The molecule has 0 spiro atoms. The van der Waals surface area contributed by atoms with Crippen molar-refractivity contribution < 1.29 is 18.3 Å². The number of halogens is 2. The zero-order valence-electron chi connectivity index (χ0n) is 10.8. The second-order valence-corrected chi connectivity index (χ2v) is 4.88. The van der Waals surface area contributed by atoms with Gasteiger partial charge in [0.1, 0.15) is 5.75 Å². The molecule has 0 unspecified atom stereocenters. The van der Waals surface area contributed by atoms with Crippen LogP contribution in [0.3, 0.4) is 0 Å². The first-order valence-electron chi connectivity index (χ1n) is 6.40. The van der Waals surface area contributed by atoms with Gasteiger partial charge in [-0.25, -0.2) is 0 Å². The highest BCUT2D eigenvalue weighted by Crippen LogP contribution is 2.20. The van der Waals surface area contributed by atoms with E-state index < -0.39 is 6.61 Å². The molecule has 3 nitrogen and oxygen atoms in total. The van der Waals surface area contributed by atoms with Crippen molar-refractivity contribution >= 4 is 5.91 Å². The van der Waals surface area contributed by atoms with Crippen LogP contribution >= 0.6 is 0 Å². The summed E-state index contributed by atoms with van der Waals surface area (Å²) in [5.74, 6) is 0.681. The predicted molar refractivity (Wildman–Crippen MR) is 67.4 cm³/mol. The quantitative estimate of drug-likeness (QED) is 0.843. The number of rotatable bonds is 3. The molecule has 0 N–H and O–H groups in total. The van der Waals surface area contributed by atoms with Crippen molar-refractivity contribution in [3.63, 3.8) is 0 Å². The SMILES string of the molecule is CC1CCN(C(=O)c2ccc(OC(F)F)cc2)CC1. The van der Waals surface area contributed by atoms with Crippen LogP contribution in [0.5, 0.6) is 5.75 Å². The molecule has 0 atom stereocenters. The molecule has 1 aliphatic heterocycles. The van der Waals surface area contributed by atoms with E-state index in [1.165, 1.54) is 24.3 Å². The van der Waals surface area contributed by atoms with Crippen molar-refractivity contribution in [2.24, 2.45) is 5.92 Å². The van der Waals surface area contributed by atoms with Gasteiger partial charge in [0.05, 0.1) is 0 Å². The van der Waals surface area contributed by atoms with Crippen molar-refractivity contribution in [2.45, 2.75) is 26.4 Å². The molecule has 1 aliphatic rings. The Hall–Kier alpha value is -1.65. The number of ether oxygens (including phenoxy) is 1. The number of likely N-dealkylation sites (tertiary alicyclic amines) is 1. The van der Waals surface area contributed by atoms with E-state index in [0.717, 1.165) is 25.9 Å². The Morgan fingerprint density at radius 1 is 1.26 bits per heavy atom. The van der Waals surface area contributed by atoms with Crippen LogP contribution in [-0.2, 0) is 0 Å². The second-order valence-electron chi connectivity index (χ2n) is 4.88. The molecule has 0 bridgehead atoms. The number of piperidine rings is 1. The predicted octanol–water partition coefficient (Wildman–Crippen LogP) is 3.16. The van der Waals surface area contributed by atoms with Crippen LogP contribution in [0, 0.1) is 5.92 Å². The first-order valence-corrected chi connectivity index (χ1v) is 6.40. The lowest BCUT2D eigenvalue weighted by Gasteiger charge is -2.30. The van der Waals surface area contributed by atoms with Gasteiger partial charge in [-0.2, -0.15) is 8.78 Å². The maximum Gasteiger partial charge on any atom is 0.387 e. The first-order chi connectivity index (χ1) is 9.06. The third-order valence-corrected chi connectivity index (χ3v) is 3.40. The number of carbonyl (C=O) groups is 1. The van der Waals surface area contributed by atoms with Crippen molar-refractivity contribution in [1.29, 1.82) is 0 Å². The average molecular weight is 269 g/mol. The zero-order chi connectivity index (χ0) is 13.8. The van der Waals surface area contributed by atoms with Gasteiger partial charge in [0, 0.05) is 18.7 Å². The summed E-state index contributed by atoms with van der Waals surface area (Å²) in [4.78, 5) is 14.0. The molecule has 104 valence electrons. The number of carbonyl (C=O) groups excluding carboxylic acids is 1. The number of hydrogen-bond acceptors (Lipinski definition) is 2. The van der Waals surface area contributed by atoms with E-state index in [1.807, 2.05) is 4.90 Å². The molecule has 1 amide bonds. The standard InChI is InChI=1S/C14H17F2NO2/c1-10-6-8-17(9-7-10)13(18)11-2-4-12(5-3-11)19-14(15)16/h2-5,10,14H,6-9H2,1H3. The highest BCUT2D eigenvalue weighted by Gasteiger charge is 2.21. The van der Waals surface area contributed by atoms with E-state index in [9.17, 15) is 13.6 Å². The second kappa shape index (κ2) is 5.99. The molecule has 2 rings (SSSR count). The van der Waals surface area contributed by atoms with Gasteiger partial charge in [0.2, 0.25) is 0 Å². The van der Waals surface area contributed by atoms with Gasteiger partial charge in [-0.05, 0) is 43.0 Å². The van der Waals surface area contributed by atoms with E-state index in [0.29, 0.717) is 11.5 Å². The Balaban J connectivity index is 1.99. The molecule has 19 heavy (non-hydrogen) atoms. The van der Waals surface area contributed by atoms with E-state index in [1.54, 1.807) is 0 Å². The lowest BCUT2D eigenvalue weighted by Crippen LogP contribution is -2.37. The summed E-state index contributed by atoms with van der Waals surface area (Å²) in [6.45, 7) is 0.855. The van der Waals surface area contributed by atoms with Crippen molar-refractivity contribution in [3.8, 4) is 5.75 Å². The normalized spacial score (nSPS) is 16.7. The van der Waals surface area contributed by atoms with Gasteiger partial charge in [-0.1, -0.05) is 6.92 Å². The fraction of sp³-hybridized carbons (Fsp3) is 0.500. The number of nitrogens with zero attached hydrogens (tertiary/aromatic N) is 1. The van der Waals surface area contributed by atoms with Gasteiger partial charge in [-0.3, -0.25) is 4.79 Å². The van der Waals surface area contributed by atoms with E-state index >= 15 is 0 Å². The summed E-state index contributed by atoms with van der Waals surface area (Å²) < 4.78 is 28.3. The van der Waals surface area contributed by atoms with Crippen LogP contribution in [0.15, 0.2) is 24.3 Å². The summed E-state index contributed by atoms with van der Waals surface area (Å²) in [5.41, 5.74) is 0.510. The smallest absolute Gasteiger partial charge is 0.387 e. The van der Waals surface area contributed by atoms with Gasteiger partial charge in [-0.15, -0.1) is 0 Å². The lowest BCUT2D eigenvalue weighted by molar-refractivity contribution is -0.0498. The molecule has 1 fully saturated rings. The van der Waals surface area contributed by atoms with Crippen LogP contribution in [-0.4, -0.2) is 30.5 Å². The molecule has 0 aliphatic carbocycles. The van der Waals surface area contributed by atoms with E-state index in [2.05, 4.69) is 11.7 Å². The van der Waals surface area contributed by atoms with Gasteiger partial charge in [0.15, 0.2) is 0 Å². The summed E-state index contributed by atoms with van der Waals surface area (Å²) in [6.07, 6.45) is 2.02. The van der Waals surface area contributed by atoms with Crippen LogP contribution in [0.2, 0.25) is 0 Å². The topological polar surface area (TPSA) is 29.5 Å². The fourth-order valence-electron chi connectivity index (χ4n) is 2.17. The van der Waals surface area contributed by atoms with E-state index in [-0.39, 0.29) is 11.7 Å². The van der Waals surface area contributed by atoms with Gasteiger partial charge >= 0.3 is 6.61 Å². The molecule has 1 saturated heterocycles. The third kappa shape index (κ3) is 3.66. The largest absolute Gasteiger partial charge is 0.435 e. The molecule has 5 heteroatoms. The lowest BCUT2D eigenvalue weighted by atomic mass is 9.98. The molecule has 0 radical (unpaired) electrons. The Morgan fingerprint density at radius 2 is 1.84 bits per heavy atom. The number of alkyl halides is 2. The van der Waals surface area contributed by atoms with Crippen molar-refractivity contribution in [3.05, 3.63) is 29.8 Å². The summed E-state index contributed by atoms with van der Waals surface area (Å²) in [6, 6.07) is 5.84. The maximum absolute atomic E-state index is 12.2. The summed E-state index contributed by atoms with van der Waals surface area (Å²) >= 11 is 0. The minimum atomic E-state index is -2.84. The van der Waals surface area contributed by atoms with Crippen molar-refractivity contribution in [1.82, 2.24) is 4.90 Å². The van der Waals surface area contributed by atoms with Gasteiger partial charge < -0.3 is 9.64 Å². The van der Waals surface area contributed by atoms with Crippen LogP contribution in [0.25, 0.3) is 0 Å². The Labute approximate surface area is 111 Å². The Bertz CT molecular complexity index is 426. The molecule has 1 aromatic rings. The monoisotopic (exact) mass is 269 g/mol. The molecule has 0 aromatic heterocycles. The number of benzene rings is 1. The summed E-state index contributed by atoms with van der Waals surface area (Å²) in [5, 5.41) is 0. The molecule has 1 heterocycles. The zero-order valence-corrected chi connectivity index (χ0v) is 10.8.